The van der Waals surface area contributed by atoms with Crippen molar-refractivity contribution in [3.05, 3.63) is 131 Å². The lowest BCUT2D eigenvalue weighted by molar-refractivity contribution is 0.630. The number of benzene rings is 4. The van der Waals surface area contributed by atoms with Crippen molar-refractivity contribution in [2.45, 2.75) is 25.7 Å². The van der Waals surface area contributed by atoms with Crippen molar-refractivity contribution in [2.75, 3.05) is 0 Å². The van der Waals surface area contributed by atoms with Crippen molar-refractivity contribution in [3.63, 3.8) is 0 Å². The lowest BCUT2D eigenvalue weighted by Gasteiger charge is -2.04. The molecule has 0 unspecified atom stereocenters. The molecule has 4 aromatic carbocycles. The van der Waals surface area contributed by atoms with E-state index in [1.165, 1.54) is 22.8 Å². The summed E-state index contributed by atoms with van der Waals surface area (Å²) in [5.41, 5.74) is 5.97. The van der Waals surface area contributed by atoms with Crippen molar-refractivity contribution in [2.24, 2.45) is 0 Å². The standard InChI is InChI=1S/C30H25F/c1-2-3-4-23-5-7-24(8-6-23)9-10-25-11-13-26(14-12-25)15-16-27-17-18-29-22-30(31)20-19-28(29)21-27/h2,5-8,11-14,17-22H,1,3-4,9-10H2. The first kappa shape index (κ1) is 20.6. The second-order valence-corrected chi connectivity index (χ2v) is 7.80. The second kappa shape index (κ2) is 9.92. The van der Waals surface area contributed by atoms with E-state index >= 15 is 0 Å². The van der Waals surface area contributed by atoms with Crippen LogP contribution in [0, 0.1) is 17.7 Å². The largest absolute Gasteiger partial charge is 0.207 e. The van der Waals surface area contributed by atoms with Gasteiger partial charge in [-0.1, -0.05) is 66.4 Å². The molecule has 0 atom stereocenters. The van der Waals surface area contributed by atoms with E-state index in [0.29, 0.717) is 0 Å². The van der Waals surface area contributed by atoms with E-state index in [-0.39, 0.29) is 5.82 Å². The van der Waals surface area contributed by atoms with Gasteiger partial charge in [-0.3, -0.25) is 0 Å². The quantitative estimate of drug-likeness (QED) is 0.234. The van der Waals surface area contributed by atoms with Gasteiger partial charge in [-0.15, -0.1) is 6.58 Å². The lowest BCUT2D eigenvalue weighted by Crippen LogP contribution is -1.92. The van der Waals surface area contributed by atoms with Gasteiger partial charge in [-0.25, -0.2) is 4.39 Å². The number of rotatable bonds is 6. The molecular weight excluding hydrogens is 379 g/mol. The van der Waals surface area contributed by atoms with Crippen LogP contribution in [0.2, 0.25) is 0 Å². The Balaban J connectivity index is 1.36. The van der Waals surface area contributed by atoms with Crippen LogP contribution in [0.5, 0.6) is 0 Å². The number of hydrogen-bond donors (Lipinski definition) is 0. The van der Waals surface area contributed by atoms with Crippen LogP contribution in [0.25, 0.3) is 10.8 Å². The van der Waals surface area contributed by atoms with Crippen LogP contribution in [-0.4, -0.2) is 0 Å². The van der Waals surface area contributed by atoms with Gasteiger partial charge in [0.1, 0.15) is 5.82 Å². The van der Waals surface area contributed by atoms with Gasteiger partial charge < -0.3 is 0 Å². The molecule has 0 aliphatic carbocycles. The molecular formula is C30H25F. The molecule has 0 amide bonds. The highest BCUT2D eigenvalue weighted by Crippen LogP contribution is 2.17. The zero-order chi connectivity index (χ0) is 21.5. The van der Waals surface area contributed by atoms with Gasteiger partial charge in [-0.05, 0) is 89.5 Å². The zero-order valence-corrected chi connectivity index (χ0v) is 17.6. The van der Waals surface area contributed by atoms with E-state index < -0.39 is 0 Å². The van der Waals surface area contributed by atoms with E-state index in [1.54, 1.807) is 12.1 Å². The molecule has 0 aliphatic rings. The molecule has 0 fully saturated rings. The van der Waals surface area contributed by atoms with Crippen molar-refractivity contribution in [3.8, 4) is 11.8 Å². The fourth-order valence-electron chi connectivity index (χ4n) is 3.62. The predicted molar refractivity (Wildman–Crippen MR) is 129 cm³/mol. The van der Waals surface area contributed by atoms with E-state index in [4.69, 9.17) is 0 Å². The number of fused-ring (bicyclic) bond motifs is 1. The number of halogens is 1. The molecule has 0 aliphatic heterocycles. The summed E-state index contributed by atoms with van der Waals surface area (Å²) in [7, 11) is 0. The third-order valence-electron chi connectivity index (χ3n) is 5.47. The first-order valence-electron chi connectivity index (χ1n) is 10.7. The third-order valence-corrected chi connectivity index (χ3v) is 5.47. The highest BCUT2D eigenvalue weighted by atomic mass is 19.1. The fraction of sp³-hybridized carbons (Fsp3) is 0.133. The molecule has 1 heteroatoms. The molecule has 4 rings (SSSR count). The molecule has 31 heavy (non-hydrogen) atoms. The smallest absolute Gasteiger partial charge is 0.123 e. The van der Waals surface area contributed by atoms with Crippen molar-refractivity contribution < 1.29 is 4.39 Å². The molecule has 0 radical (unpaired) electrons. The number of hydrogen-bond acceptors (Lipinski definition) is 0. The van der Waals surface area contributed by atoms with Crippen LogP contribution < -0.4 is 0 Å². The summed E-state index contributed by atoms with van der Waals surface area (Å²) in [6, 6.07) is 28.1. The topological polar surface area (TPSA) is 0 Å². The van der Waals surface area contributed by atoms with Gasteiger partial charge in [0.25, 0.3) is 0 Å². The Morgan fingerprint density at radius 1 is 0.613 bits per heavy atom. The fourth-order valence-corrected chi connectivity index (χ4v) is 3.62. The van der Waals surface area contributed by atoms with Gasteiger partial charge in [0.05, 0.1) is 0 Å². The maximum absolute atomic E-state index is 13.3. The maximum Gasteiger partial charge on any atom is 0.123 e. The Kier molecular flexibility index (Phi) is 6.60. The minimum absolute atomic E-state index is 0.216. The highest BCUT2D eigenvalue weighted by Gasteiger charge is 1.99. The summed E-state index contributed by atoms with van der Waals surface area (Å²) in [5, 5.41) is 1.89. The van der Waals surface area contributed by atoms with Crippen LogP contribution in [-0.2, 0) is 19.3 Å². The summed E-state index contributed by atoms with van der Waals surface area (Å²) < 4.78 is 13.3. The minimum Gasteiger partial charge on any atom is -0.207 e. The van der Waals surface area contributed by atoms with Crippen molar-refractivity contribution >= 4 is 10.8 Å². The second-order valence-electron chi connectivity index (χ2n) is 7.80. The maximum atomic E-state index is 13.3. The van der Waals surface area contributed by atoms with Gasteiger partial charge in [0, 0.05) is 11.1 Å². The molecule has 0 bridgehead atoms. The average Bonchev–Trinajstić information content (AvgIpc) is 2.81. The minimum atomic E-state index is -0.216. The number of aryl methyl sites for hydroxylation is 3. The van der Waals surface area contributed by atoms with Gasteiger partial charge >= 0.3 is 0 Å². The molecule has 0 heterocycles. The average molecular weight is 405 g/mol. The van der Waals surface area contributed by atoms with E-state index in [9.17, 15) is 4.39 Å². The molecule has 152 valence electrons. The van der Waals surface area contributed by atoms with Crippen molar-refractivity contribution in [1.29, 1.82) is 0 Å². The monoisotopic (exact) mass is 404 g/mol. The first-order valence-corrected chi connectivity index (χ1v) is 10.7. The SMILES string of the molecule is C=CCCc1ccc(CCc2ccc(C#Cc3ccc4cc(F)ccc4c3)cc2)cc1. The Bertz CT molecular complexity index is 1240. The molecule has 0 aromatic heterocycles. The van der Waals surface area contributed by atoms with Crippen LogP contribution in [0.4, 0.5) is 4.39 Å². The number of allylic oxidation sites excluding steroid dienone is 1. The van der Waals surface area contributed by atoms with Crippen molar-refractivity contribution in [1.82, 2.24) is 0 Å². The van der Waals surface area contributed by atoms with E-state index in [0.717, 1.165) is 47.6 Å². The first-order chi connectivity index (χ1) is 15.2. The molecule has 0 N–H and O–H groups in total. The summed E-state index contributed by atoms with van der Waals surface area (Å²) in [6.45, 7) is 3.78. The zero-order valence-electron chi connectivity index (χ0n) is 17.6. The third kappa shape index (κ3) is 5.71. The summed E-state index contributed by atoms with van der Waals surface area (Å²) >= 11 is 0. The predicted octanol–water partition coefficient (Wildman–Crippen LogP) is 7.28. The van der Waals surface area contributed by atoms with Crippen LogP contribution in [0.1, 0.15) is 34.2 Å². The Labute approximate surface area is 184 Å². The van der Waals surface area contributed by atoms with Crippen LogP contribution in [0.15, 0.2) is 97.6 Å². The van der Waals surface area contributed by atoms with Gasteiger partial charge in [0.15, 0.2) is 0 Å². The highest BCUT2D eigenvalue weighted by molar-refractivity contribution is 5.83. The van der Waals surface area contributed by atoms with Crippen LogP contribution >= 0.6 is 0 Å². The summed E-state index contributed by atoms with van der Waals surface area (Å²) in [6.07, 6.45) is 6.09. The summed E-state index contributed by atoms with van der Waals surface area (Å²) in [4.78, 5) is 0. The lowest BCUT2D eigenvalue weighted by atomic mass is 10.0. The molecule has 0 saturated carbocycles. The molecule has 0 nitrogen and oxygen atoms in total. The van der Waals surface area contributed by atoms with E-state index in [1.807, 2.05) is 24.3 Å². The van der Waals surface area contributed by atoms with Gasteiger partial charge in [-0.2, -0.15) is 0 Å². The Morgan fingerprint density at radius 2 is 1.13 bits per heavy atom. The summed E-state index contributed by atoms with van der Waals surface area (Å²) in [5.74, 6) is 6.23. The Morgan fingerprint density at radius 3 is 1.81 bits per heavy atom. The van der Waals surface area contributed by atoms with Gasteiger partial charge in [0.2, 0.25) is 0 Å². The molecule has 0 saturated heterocycles. The van der Waals surface area contributed by atoms with E-state index in [2.05, 4.69) is 67.0 Å². The Hall–Kier alpha value is -3.63. The van der Waals surface area contributed by atoms with Crippen LogP contribution in [0.3, 0.4) is 0 Å². The molecule has 4 aromatic rings. The molecule has 0 spiro atoms. The normalized spacial score (nSPS) is 10.5.